The van der Waals surface area contributed by atoms with Gasteiger partial charge in [-0.25, -0.2) is 15.0 Å². The molecule has 1 aliphatic heterocycles. The molecule has 3 N–H and O–H groups in total. The van der Waals surface area contributed by atoms with Crippen molar-refractivity contribution in [2.24, 2.45) is 7.05 Å². The molecule has 1 saturated heterocycles. The number of hydrogen-bond donors (Lipinski definition) is 3. The lowest BCUT2D eigenvalue weighted by Crippen LogP contribution is -2.35. The molecule has 0 atom stereocenters. The standard InChI is InChI=1S/C24H24N8S/c1-32-9-6-19(31-32)17-11-21-18(12-22(17)29-15-4-7-25-8-5-15)24(27-13-26-21)30-16-2-3-20-23(10-16)33-14-28-20/h2-3,6,9-15,25,29H,4-5,7-8H2,1H3,(H,26,27,30). The van der Waals surface area contributed by atoms with E-state index in [-0.39, 0.29) is 0 Å². The van der Waals surface area contributed by atoms with Gasteiger partial charge in [-0.15, -0.1) is 11.3 Å². The predicted molar refractivity (Wildman–Crippen MR) is 134 cm³/mol. The third-order valence-corrected chi connectivity index (χ3v) is 6.85. The van der Waals surface area contributed by atoms with E-state index < -0.39 is 0 Å². The molecule has 2 aromatic carbocycles. The number of thiazole rings is 1. The van der Waals surface area contributed by atoms with Gasteiger partial charge in [0.1, 0.15) is 12.1 Å². The molecule has 166 valence electrons. The third kappa shape index (κ3) is 4.01. The van der Waals surface area contributed by atoms with E-state index in [1.165, 1.54) is 0 Å². The van der Waals surface area contributed by atoms with Crippen LogP contribution < -0.4 is 16.0 Å². The number of hydrogen-bond acceptors (Lipinski definition) is 8. The molecule has 0 aliphatic carbocycles. The highest BCUT2D eigenvalue weighted by atomic mass is 32.1. The molecule has 0 unspecified atom stereocenters. The summed E-state index contributed by atoms with van der Waals surface area (Å²) in [5.41, 5.74) is 7.77. The van der Waals surface area contributed by atoms with Gasteiger partial charge in [-0.05, 0) is 62.3 Å². The van der Waals surface area contributed by atoms with Crippen molar-refractivity contribution in [1.29, 1.82) is 0 Å². The molecule has 8 nitrogen and oxygen atoms in total. The van der Waals surface area contributed by atoms with Crippen LogP contribution in [0.15, 0.2) is 54.4 Å². The number of nitrogens with zero attached hydrogens (tertiary/aromatic N) is 5. The minimum absolute atomic E-state index is 0.418. The van der Waals surface area contributed by atoms with Crippen LogP contribution in [0, 0.1) is 0 Å². The lowest BCUT2D eigenvalue weighted by molar-refractivity contribution is 0.479. The topological polar surface area (TPSA) is 92.6 Å². The Balaban J connectivity index is 1.43. The SMILES string of the molecule is Cn1ccc(-c2cc3ncnc(Nc4ccc5ncsc5c4)c3cc2NC2CCNCC2)n1. The van der Waals surface area contributed by atoms with E-state index in [1.54, 1.807) is 17.7 Å². The lowest BCUT2D eigenvalue weighted by Gasteiger charge is -2.26. The van der Waals surface area contributed by atoms with Gasteiger partial charge in [-0.3, -0.25) is 4.68 Å². The second-order valence-electron chi connectivity index (χ2n) is 8.34. The van der Waals surface area contributed by atoms with Gasteiger partial charge in [0.05, 0.1) is 26.9 Å². The van der Waals surface area contributed by atoms with Crippen LogP contribution in [0.3, 0.4) is 0 Å². The van der Waals surface area contributed by atoms with Crippen LogP contribution in [-0.4, -0.2) is 43.9 Å². The molecule has 33 heavy (non-hydrogen) atoms. The fraction of sp³-hybridized carbons (Fsp3) is 0.250. The number of piperidine rings is 1. The first-order chi connectivity index (χ1) is 16.2. The van der Waals surface area contributed by atoms with E-state index in [2.05, 4.69) is 54.2 Å². The van der Waals surface area contributed by atoms with Crippen LogP contribution in [0.2, 0.25) is 0 Å². The minimum Gasteiger partial charge on any atom is -0.382 e. The number of aryl methyl sites for hydroxylation is 1. The van der Waals surface area contributed by atoms with Gasteiger partial charge in [-0.2, -0.15) is 5.10 Å². The molecule has 1 fully saturated rings. The average Bonchev–Trinajstić information content (AvgIpc) is 3.48. The summed E-state index contributed by atoms with van der Waals surface area (Å²) in [4.78, 5) is 13.5. The summed E-state index contributed by atoms with van der Waals surface area (Å²) in [6.07, 6.45) is 5.75. The number of rotatable bonds is 5. The highest BCUT2D eigenvalue weighted by Gasteiger charge is 2.18. The molecule has 0 bridgehead atoms. The van der Waals surface area contributed by atoms with Gasteiger partial charge in [0.15, 0.2) is 0 Å². The van der Waals surface area contributed by atoms with Gasteiger partial charge in [-0.1, -0.05) is 0 Å². The normalized spacial score (nSPS) is 14.7. The molecular weight excluding hydrogens is 432 g/mol. The Labute approximate surface area is 195 Å². The molecule has 5 aromatic rings. The summed E-state index contributed by atoms with van der Waals surface area (Å²) in [7, 11) is 1.94. The van der Waals surface area contributed by atoms with Crippen molar-refractivity contribution in [2.45, 2.75) is 18.9 Å². The minimum atomic E-state index is 0.418. The molecule has 4 heterocycles. The average molecular weight is 457 g/mol. The number of nitrogens with one attached hydrogen (secondary N) is 3. The second-order valence-corrected chi connectivity index (χ2v) is 9.23. The fourth-order valence-electron chi connectivity index (χ4n) is 4.35. The zero-order valence-electron chi connectivity index (χ0n) is 18.2. The monoisotopic (exact) mass is 456 g/mol. The largest absolute Gasteiger partial charge is 0.382 e. The smallest absolute Gasteiger partial charge is 0.141 e. The molecule has 0 spiro atoms. The maximum Gasteiger partial charge on any atom is 0.141 e. The fourth-order valence-corrected chi connectivity index (χ4v) is 5.06. The van der Waals surface area contributed by atoms with Crippen molar-refractivity contribution in [1.82, 2.24) is 30.0 Å². The Bertz CT molecular complexity index is 1430. The summed E-state index contributed by atoms with van der Waals surface area (Å²) in [5, 5.41) is 16.3. The molecule has 0 radical (unpaired) electrons. The van der Waals surface area contributed by atoms with E-state index >= 15 is 0 Å². The Hall–Kier alpha value is -3.56. The maximum atomic E-state index is 4.66. The van der Waals surface area contributed by atoms with Crippen molar-refractivity contribution >= 4 is 49.6 Å². The molecular formula is C24H24N8S. The zero-order chi connectivity index (χ0) is 22.2. The first-order valence-corrected chi connectivity index (χ1v) is 12.0. The number of benzene rings is 2. The van der Waals surface area contributed by atoms with Crippen LogP contribution in [0.4, 0.5) is 17.2 Å². The maximum absolute atomic E-state index is 4.66. The van der Waals surface area contributed by atoms with Gasteiger partial charge < -0.3 is 16.0 Å². The van der Waals surface area contributed by atoms with Crippen LogP contribution in [0.5, 0.6) is 0 Å². The second kappa shape index (κ2) is 8.42. The molecule has 3 aromatic heterocycles. The van der Waals surface area contributed by atoms with Crippen molar-refractivity contribution in [2.75, 3.05) is 23.7 Å². The summed E-state index contributed by atoms with van der Waals surface area (Å²) < 4.78 is 2.97. The molecule has 6 rings (SSSR count). The number of fused-ring (bicyclic) bond motifs is 2. The summed E-state index contributed by atoms with van der Waals surface area (Å²) in [6.45, 7) is 2.06. The summed E-state index contributed by atoms with van der Waals surface area (Å²) in [6, 6.07) is 12.9. The Morgan fingerprint density at radius 3 is 2.79 bits per heavy atom. The van der Waals surface area contributed by atoms with Gasteiger partial charge in [0.2, 0.25) is 0 Å². The van der Waals surface area contributed by atoms with Crippen molar-refractivity contribution in [3.63, 3.8) is 0 Å². The summed E-state index contributed by atoms with van der Waals surface area (Å²) >= 11 is 1.63. The first-order valence-electron chi connectivity index (χ1n) is 11.1. The number of anilines is 3. The quantitative estimate of drug-likeness (QED) is 0.357. The Morgan fingerprint density at radius 1 is 1.03 bits per heavy atom. The van der Waals surface area contributed by atoms with Crippen LogP contribution in [0.1, 0.15) is 12.8 Å². The van der Waals surface area contributed by atoms with Gasteiger partial charge in [0, 0.05) is 41.6 Å². The van der Waals surface area contributed by atoms with E-state index in [0.717, 1.165) is 75.5 Å². The number of aromatic nitrogens is 5. The van der Waals surface area contributed by atoms with Gasteiger partial charge in [0.25, 0.3) is 0 Å². The summed E-state index contributed by atoms with van der Waals surface area (Å²) in [5.74, 6) is 0.782. The van der Waals surface area contributed by atoms with Crippen molar-refractivity contribution in [3.8, 4) is 11.3 Å². The molecule has 0 saturated carbocycles. The molecule has 1 aliphatic rings. The van der Waals surface area contributed by atoms with Crippen molar-refractivity contribution < 1.29 is 0 Å². The Kier molecular flexibility index (Phi) is 5.12. The highest BCUT2D eigenvalue weighted by Crippen LogP contribution is 2.35. The van der Waals surface area contributed by atoms with Crippen LogP contribution in [-0.2, 0) is 7.05 Å². The van der Waals surface area contributed by atoms with Crippen molar-refractivity contribution in [3.05, 3.63) is 54.4 Å². The predicted octanol–water partition coefficient (Wildman–Crippen LogP) is 4.55. The molecule has 0 amide bonds. The van der Waals surface area contributed by atoms with E-state index in [4.69, 9.17) is 0 Å². The van der Waals surface area contributed by atoms with E-state index in [1.807, 2.05) is 41.6 Å². The van der Waals surface area contributed by atoms with Crippen LogP contribution in [0.25, 0.3) is 32.4 Å². The highest BCUT2D eigenvalue weighted by molar-refractivity contribution is 7.16. The third-order valence-electron chi connectivity index (χ3n) is 6.06. The lowest BCUT2D eigenvalue weighted by atomic mass is 10.0. The van der Waals surface area contributed by atoms with E-state index in [0.29, 0.717) is 6.04 Å². The molecule has 9 heteroatoms. The van der Waals surface area contributed by atoms with Crippen LogP contribution >= 0.6 is 11.3 Å². The van der Waals surface area contributed by atoms with Gasteiger partial charge >= 0.3 is 0 Å². The first kappa shape index (κ1) is 20.1. The zero-order valence-corrected chi connectivity index (χ0v) is 19.1. The van der Waals surface area contributed by atoms with E-state index in [9.17, 15) is 0 Å². The Morgan fingerprint density at radius 2 is 1.94 bits per heavy atom.